The van der Waals surface area contributed by atoms with E-state index in [1.54, 1.807) is 6.20 Å². The second kappa shape index (κ2) is 8.11. The van der Waals surface area contributed by atoms with Gasteiger partial charge in [0.25, 0.3) is 0 Å². The van der Waals surface area contributed by atoms with Gasteiger partial charge in [-0.15, -0.1) is 0 Å². The Morgan fingerprint density at radius 2 is 1.69 bits per heavy atom. The van der Waals surface area contributed by atoms with Crippen LogP contribution in [0.2, 0.25) is 0 Å². The smallest absolute Gasteiger partial charge is 0.172 e. The summed E-state index contributed by atoms with van der Waals surface area (Å²) in [5.41, 5.74) is 5.93. The zero-order valence-electron chi connectivity index (χ0n) is 15.3. The summed E-state index contributed by atoms with van der Waals surface area (Å²) < 4.78 is 0. The number of thiocarbonyl (C=S) groups is 1. The van der Waals surface area contributed by atoms with Gasteiger partial charge in [-0.3, -0.25) is 0 Å². The van der Waals surface area contributed by atoms with Gasteiger partial charge < -0.3 is 10.6 Å². The van der Waals surface area contributed by atoms with E-state index in [-0.39, 0.29) is 6.04 Å². The SMILES string of the molecule is Cc1ccc([C@@H](NC(=S)Nc2ncccc2C)c2ccccc2)c(C)c1. The molecule has 0 aliphatic rings. The summed E-state index contributed by atoms with van der Waals surface area (Å²) in [6.07, 6.45) is 1.76. The quantitative estimate of drug-likeness (QED) is 0.635. The van der Waals surface area contributed by atoms with Gasteiger partial charge in [-0.25, -0.2) is 4.98 Å². The Labute approximate surface area is 160 Å². The summed E-state index contributed by atoms with van der Waals surface area (Å²) in [6, 6.07) is 20.8. The highest BCUT2D eigenvalue weighted by Crippen LogP contribution is 2.26. The number of rotatable bonds is 4. The first-order valence-electron chi connectivity index (χ1n) is 8.66. The molecule has 3 rings (SSSR count). The van der Waals surface area contributed by atoms with E-state index in [2.05, 4.69) is 59.8 Å². The van der Waals surface area contributed by atoms with Gasteiger partial charge in [0.05, 0.1) is 6.04 Å². The van der Waals surface area contributed by atoms with Gasteiger partial charge in [0.2, 0.25) is 0 Å². The molecular weight excluding hydrogens is 338 g/mol. The third kappa shape index (κ3) is 4.27. The van der Waals surface area contributed by atoms with Crippen molar-refractivity contribution >= 4 is 23.1 Å². The molecule has 0 saturated carbocycles. The van der Waals surface area contributed by atoms with E-state index in [1.165, 1.54) is 22.3 Å². The first-order valence-corrected chi connectivity index (χ1v) is 9.06. The molecule has 0 aliphatic carbocycles. The number of nitrogens with zero attached hydrogens (tertiary/aromatic N) is 1. The molecule has 0 unspecified atom stereocenters. The minimum Gasteiger partial charge on any atom is -0.351 e. The molecule has 1 heterocycles. The first kappa shape index (κ1) is 18.1. The maximum absolute atomic E-state index is 5.58. The van der Waals surface area contributed by atoms with Gasteiger partial charge in [-0.05, 0) is 61.3 Å². The van der Waals surface area contributed by atoms with Crippen molar-refractivity contribution in [1.29, 1.82) is 0 Å². The number of hydrogen-bond acceptors (Lipinski definition) is 2. The van der Waals surface area contributed by atoms with Crippen LogP contribution in [0.1, 0.15) is 33.9 Å². The minimum atomic E-state index is -0.0270. The zero-order valence-corrected chi connectivity index (χ0v) is 16.1. The van der Waals surface area contributed by atoms with Crippen LogP contribution in [0.5, 0.6) is 0 Å². The van der Waals surface area contributed by atoms with Gasteiger partial charge in [-0.2, -0.15) is 0 Å². The van der Waals surface area contributed by atoms with Crippen LogP contribution in [0, 0.1) is 20.8 Å². The van der Waals surface area contributed by atoms with Crippen LogP contribution in [0.3, 0.4) is 0 Å². The molecule has 3 nitrogen and oxygen atoms in total. The lowest BCUT2D eigenvalue weighted by molar-refractivity contribution is 0.761. The van der Waals surface area contributed by atoms with Crippen molar-refractivity contribution in [3.8, 4) is 0 Å². The Morgan fingerprint density at radius 1 is 0.923 bits per heavy atom. The molecule has 0 fully saturated rings. The highest BCUT2D eigenvalue weighted by Gasteiger charge is 2.17. The highest BCUT2D eigenvalue weighted by atomic mass is 32.1. The molecular formula is C22H23N3S. The van der Waals surface area contributed by atoms with E-state index < -0.39 is 0 Å². The summed E-state index contributed by atoms with van der Waals surface area (Å²) in [4.78, 5) is 4.36. The predicted octanol–water partition coefficient (Wildman–Crippen LogP) is 5.08. The molecule has 0 bridgehead atoms. The first-order chi connectivity index (χ1) is 12.5. The highest BCUT2D eigenvalue weighted by molar-refractivity contribution is 7.80. The lowest BCUT2D eigenvalue weighted by Crippen LogP contribution is -2.33. The van der Waals surface area contributed by atoms with Crippen molar-refractivity contribution in [2.24, 2.45) is 0 Å². The summed E-state index contributed by atoms with van der Waals surface area (Å²) >= 11 is 5.58. The summed E-state index contributed by atoms with van der Waals surface area (Å²) in [6.45, 7) is 6.26. The van der Waals surface area contributed by atoms with Crippen LogP contribution < -0.4 is 10.6 Å². The summed E-state index contributed by atoms with van der Waals surface area (Å²) in [5.74, 6) is 0.775. The van der Waals surface area contributed by atoms with Crippen LogP contribution in [-0.4, -0.2) is 10.1 Å². The molecule has 0 amide bonds. The van der Waals surface area contributed by atoms with Crippen molar-refractivity contribution in [3.05, 3.63) is 94.7 Å². The molecule has 2 aromatic carbocycles. The van der Waals surface area contributed by atoms with E-state index in [4.69, 9.17) is 12.2 Å². The zero-order chi connectivity index (χ0) is 18.5. The molecule has 0 radical (unpaired) electrons. The molecule has 4 heteroatoms. The molecule has 3 aromatic rings. The third-order valence-corrected chi connectivity index (χ3v) is 4.61. The van der Waals surface area contributed by atoms with Crippen molar-refractivity contribution < 1.29 is 0 Å². The number of aryl methyl sites for hydroxylation is 3. The normalized spacial score (nSPS) is 11.7. The van der Waals surface area contributed by atoms with E-state index >= 15 is 0 Å². The average Bonchev–Trinajstić information content (AvgIpc) is 2.63. The molecule has 0 saturated heterocycles. The van der Waals surface area contributed by atoms with Gasteiger partial charge in [0.1, 0.15) is 5.82 Å². The summed E-state index contributed by atoms with van der Waals surface area (Å²) in [5, 5.41) is 7.24. The fourth-order valence-electron chi connectivity index (χ4n) is 3.03. The molecule has 26 heavy (non-hydrogen) atoms. The Bertz CT molecular complexity index is 906. The largest absolute Gasteiger partial charge is 0.351 e. The predicted molar refractivity (Wildman–Crippen MR) is 113 cm³/mol. The van der Waals surface area contributed by atoms with Crippen molar-refractivity contribution in [2.45, 2.75) is 26.8 Å². The molecule has 1 aromatic heterocycles. The number of pyridine rings is 1. The Kier molecular flexibility index (Phi) is 5.64. The van der Waals surface area contributed by atoms with Crippen LogP contribution in [0.25, 0.3) is 0 Å². The Morgan fingerprint density at radius 3 is 2.38 bits per heavy atom. The van der Waals surface area contributed by atoms with E-state index in [1.807, 2.05) is 37.3 Å². The Hall–Kier alpha value is -2.72. The molecule has 2 N–H and O–H groups in total. The fraction of sp³-hybridized carbons (Fsp3) is 0.182. The maximum atomic E-state index is 5.58. The Balaban J connectivity index is 1.89. The van der Waals surface area contributed by atoms with Crippen molar-refractivity contribution in [1.82, 2.24) is 10.3 Å². The van der Waals surface area contributed by atoms with E-state index in [9.17, 15) is 0 Å². The lowest BCUT2D eigenvalue weighted by atomic mass is 9.94. The monoisotopic (exact) mass is 361 g/mol. The van der Waals surface area contributed by atoms with Gasteiger partial charge in [0.15, 0.2) is 5.11 Å². The van der Waals surface area contributed by atoms with Gasteiger partial charge >= 0.3 is 0 Å². The number of hydrogen-bond donors (Lipinski definition) is 2. The number of anilines is 1. The van der Waals surface area contributed by atoms with Crippen molar-refractivity contribution in [2.75, 3.05) is 5.32 Å². The third-order valence-electron chi connectivity index (χ3n) is 4.39. The number of aromatic nitrogens is 1. The number of nitrogens with one attached hydrogen (secondary N) is 2. The van der Waals surface area contributed by atoms with Crippen molar-refractivity contribution in [3.63, 3.8) is 0 Å². The van der Waals surface area contributed by atoms with Crippen LogP contribution in [0.15, 0.2) is 66.9 Å². The van der Waals surface area contributed by atoms with Crippen LogP contribution >= 0.6 is 12.2 Å². The lowest BCUT2D eigenvalue weighted by Gasteiger charge is -2.24. The fourth-order valence-corrected chi connectivity index (χ4v) is 3.24. The van der Waals surface area contributed by atoms with E-state index in [0.717, 1.165) is 11.4 Å². The topological polar surface area (TPSA) is 37.0 Å². The second-order valence-electron chi connectivity index (χ2n) is 6.47. The van der Waals surface area contributed by atoms with Gasteiger partial charge in [0, 0.05) is 6.20 Å². The molecule has 132 valence electrons. The summed E-state index contributed by atoms with van der Waals surface area (Å²) in [7, 11) is 0. The molecule has 0 aliphatic heterocycles. The second-order valence-corrected chi connectivity index (χ2v) is 6.88. The number of benzene rings is 2. The minimum absolute atomic E-state index is 0.0270. The standard InChI is InChI=1S/C22H23N3S/c1-15-11-12-19(17(3)14-15)20(18-9-5-4-6-10-18)24-22(26)25-21-16(2)8-7-13-23-21/h4-14,20H,1-3H3,(H2,23,24,25,26)/t20-/m0/s1. The van der Waals surface area contributed by atoms with Crippen LogP contribution in [-0.2, 0) is 0 Å². The van der Waals surface area contributed by atoms with Crippen LogP contribution in [0.4, 0.5) is 5.82 Å². The van der Waals surface area contributed by atoms with E-state index in [0.29, 0.717) is 5.11 Å². The van der Waals surface area contributed by atoms with Gasteiger partial charge in [-0.1, -0.05) is 60.2 Å². The maximum Gasteiger partial charge on any atom is 0.172 e. The molecule has 0 spiro atoms. The molecule has 1 atom stereocenters. The average molecular weight is 362 g/mol.